The minimum atomic E-state index is -4.34. The van der Waals surface area contributed by atoms with Gasteiger partial charge in [-0.15, -0.1) is 0 Å². The van der Waals surface area contributed by atoms with Gasteiger partial charge in [-0.3, -0.25) is 9.48 Å². The Labute approximate surface area is 127 Å². The number of halogens is 3. The van der Waals surface area contributed by atoms with Gasteiger partial charge in [0.1, 0.15) is 6.54 Å². The first-order valence-corrected chi connectivity index (χ1v) is 7.11. The van der Waals surface area contributed by atoms with Crippen LogP contribution in [0.25, 0.3) is 0 Å². The van der Waals surface area contributed by atoms with E-state index in [4.69, 9.17) is 5.11 Å². The summed E-state index contributed by atoms with van der Waals surface area (Å²) in [4.78, 5) is 11.9. The fraction of sp³-hybridized carbons (Fsp3) is 0.714. The second kappa shape index (κ2) is 7.62. The zero-order chi connectivity index (χ0) is 16.9. The molecule has 126 valence electrons. The summed E-state index contributed by atoms with van der Waals surface area (Å²) in [6.45, 7) is 4.34. The van der Waals surface area contributed by atoms with Crippen LogP contribution in [0, 0.1) is 19.8 Å². The lowest BCUT2D eigenvalue weighted by Crippen LogP contribution is -2.30. The molecule has 0 spiro atoms. The number of carbonyl (C=O) groups excluding carboxylic acids is 1. The quantitative estimate of drug-likeness (QED) is 0.804. The highest BCUT2D eigenvalue weighted by Crippen LogP contribution is 2.21. The summed E-state index contributed by atoms with van der Waals surface area (Å²) in [5, 5.41) is 15.4. The zero-order valence-electron chi connectivity index (χ0n) is 13.0. The summed E-state index contributed by atoms with van der Waals surface area (Å²) in [7, 11) is 0. The fourth-order valence-corrected chi connectivity index (χ4v) is 2.15. The van der Waals surface area contributed by atoms with Crippen molar-refractivity contribution >= 4 is 5.91 Å². The number of hydrogen-bond donors (Lipinski definition) is 2. The molecule has 0 aliphatic carbocycles. The Morgan fingerprint density at radius 1 is 1.41 bits per heavy atom. The predicted octanol–water partition coefficient (Wildman–Crippen LogP) is 1.74. The average Bonchev–Trinajstić information content (AvgIpc) is 2.62. The summed E-state index contributed by atoms with van der Waals surface area (Å²) in [6, 6.07) is 0. The number of hydrogen-bond acceptors (Lipinski definition) is 3. The van der Waals surface area contributed by atoms with E-state index in [2.05, 4.69) is 10.4 Å². The minimum absolute atomic E-state index is 0.00136. The van der Waals surface area contributed by atoms with Crippen molar-refractivity contribution in [3.05, 3.63) is 17.0 Å². The number of aliphatic hydroxyl groups is 1. The van der Waals surface area contributed by atoms with Crippen molar-refractivity contribution in [2.45, 2.75) is 46.3 Å². The highest BCUT2D eigenvalue weighted by Gasteiger charge is 2.30. The molecule has 5 nitrogen and oxygen atoms in total. The number of nitrogens with zero attached hydrogens (tertiary/aromatic N) is 2. The third-order valence-electron chi connectivity index (χ3n) is 3.47. The molecule has 1 unspecified atom stereocenters. The topological polar surface area (TPSA) is 67.2 Å². The molecule has 0 fully saturated rings. The molecule has 2 N–H and O–H groups in total. The number of aromatic nitrogens is 2. The largest absolute Gasteiger partial charge is 0.408 e. The normalized spacial score (nSPS) is 13.2. The Morgan fingerprint density at radius 2 is 2.05 bits per heavy atom. The van der Waals surface area contributed by atoms with Gasteiger partial charge >= 0.3 is 6.18 Å². The molecule has 0 radical (unpaired) electrons. The molecule has 1 atom stereocenters. The summed E-state index contributed by atoms with van der Waals surface area (Å²) < 4.78 is 38.2. The Bertz CT molecular complexity index is 512. The van der Waals surface area contributed by atoms with Crippen LogP contribution in [0.5, 0.6) is 0 Å². The van der Waals surface area contributed by atoms with Crippen molar-refractivity contribution in [1.29, 1.82) is 0 Å². The molecule has 22 heavy (non-hydrogen) atoms. The number of rotatable bonds is 7. The van der Waals surface area contributed by atoms with Gasteiger partial charge in [-0.2, -0.15) is 18.3 Å². The summed E-state index contributed by atoms with van der Waals surface area (Å²) >= 11 is 0. The van der Waals surface area contributed by atoms with Crippen molar-refractivity contribution in [1.82, 2.24) is 15.1 Å². The van der Waals surface area contributed by atoms with Crippen molar-refractivity contribution in [3.8, 4) is 0 Å². The zero-order valence-corrected chi connectivity index (χ0v) is 13.0. The SMILES string of the molecule is Cc1nn(CC(F)(F)F)c(C)c1CC(=O)NCC(C)CCO. The number of nitrogens with one attached hydrogen (secondary N) is 1. The van der Waals surface area contributed by atoms with E-state index in [0.29, 0.717) is 29.9 Å². The maximum absolute atomic E-state index is 12.4. The van der Waals surface area contributed by atoms with Gasteiger partial charge < -0.3 is 10.4 Å². The third kappa shape index (κ3) is 5.67. The van der Waals surface area contributed by atoms with Crippen LogP contribution in [-0.2, 0) is 17.8 Å². The Morgan fingerprint density at radius 3 is 2.59 bits per heavy atom. The Hall–Kier alpha value is -1.57. The molecule has 8 heteroatoms. The van der Waals surface area contributed by atoms with E-state index < -0.39 is 12.7 Å². The van der Waals surface area contributed by atoms with Gasteiger partial charge in [0.15, 0.2) is 0 Å². The van der Waals surface area contributed by atoms with E-state index in [1.165, 1.54) is 6.92 Å². The van der Waals surface area contributed by atoms with Gasteiger partial charge in [0, 0.05) is 24.4 Å². The van der Waals surface area contributed by atoms with E-state index in [1.54, 1.807) is 6.92 Å². The van der Waals surface area contributed by atoms with E-state index in [0.717, 1.165) is 4.68 Å². The van der Waals surface area contributed by atoms with Crippen molar-refractivity contribution < 1.29 is 23.1 Å². The van der Waals surface area contributed by atoms with Gasteiger partial charge in [0.05, 0.1) is 12.1 Å². The van der Waals surface area contributed by atoms with Crippen molar-refractivity contribution in [3.63, 3.8) is 0 Å². The molecule has 1 aromatic rings. The average molecular weight is 321 g/mol. The van der Waals surface area contributed by atoms with E-state index in [-0.39, 0.29) is 24.9 Å². The second-order valence-electron chi connectivity index (χ2n) is 5.52. The molecule has 0 saturated heterocycles. The van der Waals surface area contributed by atoms with Crippen LogP contribution < -0.4 is 5.32 Å². The first-order valence-electron chi connectivity index (χ1n) is 7.11. The maximum atomic E-state index is 12.4. The molecular weight excluding hydrogens is 299 g/mol. The molecule has 1 heterocycles. The molecule has 1 aromatic heterocycles. The smallest absolute Gasteiger partial charge is 0.396 e. The highest BCUT2D eigenvalue weighted by molar-refractivity contribution is 5.79. The molecule has 0 bridgehead atoms. The summed E-state index contributed by atoms with van der Waals surface area (Å²) in [5.74, 6) is -0.119. The monoisotopic (exact) mass is 321 g/mol. The number of aryl methyl sites for hydroxylation is 1. The number of carbonyl (C=O) groups is 1. The van der Waals surface area contributed by atoms with Crippen LogP contribution in [0.4, 0.5) is 13.2 Å². The number of aliphatic hydroxyl groups excluding tert-OH is 1. The second-order valence-corrected chi connectivity index (χ2v) is 5.52. The van der Waals surface area contributed by atoms with Gasteiger partial charge in [-0.25, -0.2) is 0 Å². The van der Waals surface area contributed by atoms with Crippen LogP contribution >= 0.6 is 0 Å². The lowest BCUT2D eigenvalue weighted by Gasteiger charge is -2.11. The first-order chi connectivity index (χ1) is 10.1. The molecule has 0 aliphatic heterocycles. The summed E-state index contributed by atoms with van der Waals surface area (Å²) in [6.07, 6.45) is -3.76. The fourth-order valence-electron chi connectivity index (χ4n) is 2.15. The van der Waals surface area contributed by atoms with Gasteiger partial charge in [0.2, 0.25) is 5.91 Å². The van der Waals surface area contributed by atoms with Crippen LogP contribution in [0.2, 0.25) is 0 Å². The molecule has 1 rings (SSSR count). The molecule has 0 saturated carbocycles. The van der Waals surface area contributed by atoms with Crippen LogP contribution in [0.3, 0.4) is 0 Å². The Balaban J connectivity index is 2.67. The van der Waals surface area contributed by atoms with Crippen molar-refractivity contribution in [2.75, 3.05) is 13.2 Å². The minimum Gasteiger partial charge on any atom is -0.396 e. The molecular formula is C14H22F3N3O2. The van der Waals surface area contributed by atoms with E-state index >= 15 is 0 Å². The Kier molecular flexibility index (Phi) is 6.40. The third-order valence-corrected chi connectivity index (χ3v) is 3.47. The van der Waals surface area contributed by atoms with Crippen molar-refractivity contribution in [2.24, 2.45) is 5.92 Å². The van der Waals surface area contributed by atoms with E-state index in [9.17, 15) is 18.0 Å². The molecule has 1 amide bonds. The van der Waals surface area contributed by atoms with E-state index in [1.807, 2.05) is 6.92 Å². The predicted molar refractivity (Wildman–Crippen MR) is 75.3 cm³/mol. The molecule has 0 aliphatic rings. The number of amides is 1. The first kappa shape index (κ1) is 18.5. The summed E-state index contributed by atoms with van der Waals surface area (Å²) in [5.41, 5.74) is 1.31. The highest BCUT2D eigenvalue weighted by atomic mass is 19.4. The van der Waals surface area contributed by atoms with Crippen LogP contribution in [0.15, 0.2) is 0 Å². The van der Waals surface area contributed by atoms with Gasteiger partial charge in [-0.1, -0.05) is 6.92 Å². The lowest BCUT2D eigenvalue weighted by atomic mass is 10.1. The maximum Gasteiger partial charge on any atom is 0.408 e. The molecule has 0 aromatic carbocycles. The van der Waals surface area contributed by atoms with Crippen LogP contribution in [-0.4, -0.2) is 40.1 Å². The van der Waals surface area contributed by atoms with Gasteiger partial charge in [0.25, 0.3) is 0 Å². The van der Waals surface area contributed by atoms with Crippen LogP contribution in [0.1, 0.15) is 30.3 Å². The van der Waals surface area contributed by atoms with Gasteiger partial charge in [-0.05, 0) is 26.2 Å². The number of alkyl halides is 3. The lowest BCUT2D eigenvalue weighted by molar-refractivity contribution is -0.142. The standard InChI is InChI=1S/C14H22F3N3O2/c1-9(4-5-21)7-18-13(22)6-12-10(2)19-20(11(12)3)8-14(15,16)17/h9,21H,4-8H2,1-3H3,(H,18,22).